The van der Waals surface area contributed by atoms with Gasteiger partial charge in [-0.05, 0) is 72.4 Å². The number of hydrogen-bond acceptors (Lipinski definition) is 3. The monoisotopic (exact) mass is 327 g/mol. The van der Waals surface area contributed by atoms with Crippen LogP contribution in [0.5, 0.6) is 5.75 Å². The normalized spacial score (nSPS) is 14.1. The SMILES string of the molecule is COc1ccc(F)cc1C1=C(c2cc(N)cc(C(=O)O)c2)CCC1. The highest BCUT2D eigenvalue weighted by molar-refractivity contribution is 5.97. The van der Waals surface area contributed by atoms with E-state index in [4.69, 9.17) is 10.5 Å². The summed E-state index contributed by atoms with van der Waals surface area (Å²) in [6.45, 7) is 0. The summed E-state index contributed by atoms with van der Waals surface area (Å²) < 4.78 is 19.1. The van der Waals surface area contributed by atoms with E-state index in [0.29, 0.717) is 17.0 Å². The topological polar surface area (TPSA) is 72.5 Å². The van der Waals surface area contributed by atoms with Crippen molar-refractivity contribution in [2.24, 2.45) is 0 Å². The largest absolute Gasteiger partial charge is 0.496 e. The molecule has 0 spiro atoms. The van der Waals surface area contributed by atoms with E-state index in [1.807, 2.05) is 0 Å². The number of nitrogen functional groups attached to an aromatic ring is 1. The van der Waals surface area contributed by atoms with Crippen LogP contribution in [0.4, 0.5) is 10.1 Å². The fraction of sp³-hybridized carbons (Fsp3) is 0.211. The minimum Gasteiger partial charge on any atom is -0.496 e. The van der Waals surface area contributed by atoms with Crippen molar-refractivity contribution in [3.05, 3.63) is 58.9 Å². The number of anilines is 1. The van der Waals surface area contributed by atoms with Gasteiger partial charge >= 0.3 is 5.97 Å². The Morgan fingerprint density at radius 2 is 1.92 bits per heavy atom. The molecule has 0 aliphatic heterocycles. The van der Waals surface area contributed by atoms with Crippen LogP contribution in [-0.2, 0) is 0 Å². The van der Waals surface area contributed by atoms with Gasteiger partial charge in [0.2, 0.25) is 0 Å². The molecule has 124 valence electrons. The van der Waals surface area contributed by atoms with Crippen LogP contribution in [0.1, 0.15) is 40.7 Å². The molecule has 2 aromatic carbocycles. The minimum absolute atomic E-state index is 0.148. The first-order chi connectivity index (χ1) is 11.5. The number of allylic oxidation sites excluding steroid dienone is 2. The Balaban J connectivity index is 2.18. The number of benzene rings is 2. The van der Waals surface area contributed by atoms with Crippen LogP contribution in [-0.4, -0.2) is 18.2 Å². The second-order valence-electron chi connectivity index (χ2n) is 5.80. The number of aromatic carboxylic acids is 1. The maximum atomic E-state index is 13.7. The molecule has 0 unspecified atom stereocenters. The molecule has 3 N–H and O–H groups in total. The third kappa shape index (κ3) is 2.97. The fourth-order valence-electron chi connectivity index (χ4n) is 3.22. The first-order valence-corrected chi connectivity index (χ1v) is 7.69. The number of carboxylic acids is 1. The Morgan fingerprint density at radius 1 is 1.17 bits per heavy atom. The maximum absolute atomic E-state index is 13.7. The van der Waals surface area contributed by atoms with Crippen molar-refractivity contribution in [3.8, 4) is 5.75 Å². The number of halogens is 1. The lowest BCUT2D eigenvalue weighted by molar-refractivity contribution is 0.0697. The van der Waals surface area contributed by atoms with Crippen molar-refractivity contribution in [1.29, 1.82) is 0 Å². The molecule has 0 saturated carbocycles. The highest BCUT2D eigenvalue weighted by atomic mass is 19.1. The van der Waals surface area contributed by atoms with Gasteiger partial charge in [0, 0.05) is 11.3 Å². The Kier molecular flexibility index (Phi) is 4.25. The van der Waals surface area contributed by atoms with Gasteiger partial charge in [-0.3, -0.25) is 0 Å². The van der Waals surface area contributed by atoms with Crippen LogP contribution in [0, 0.1) is 5.82 Å². The van der Waals surface area contributed by atoms with Crippen LogP contribution in [0.2, 0.25) is 0 Å². The average molecular weight is 327 g/mol. The lowest BCUT2D eigenvalue weighted by Gasteiger charge is -2.13. The van der Waals surface area contributed by atoms with E-state index in [1.54, 1.807) is 25.3 Å². The summed E-state index contributed by atoms with van der Waals surface area (Å²) in [4.78, 5) is 11.3. The van der Waals surface area contributed by atoms with E-state index in [1.165, 1.54) is 18.2 Å². The standard InChI is InChI=1S/C19H18FNO3/c1-24-18-6-5-13(20)10-17(18)16-4-2-3-15(16)11-7-12(19(22)23)9-14(21)8-11/h5-10H,2-4,21H2,1H3,(H,22,23). The van der Waals surface area contributed by atoms with Crippen molar-refractivity contribution in [2.45, 2.75) is 19.3 Å². The van der Waals surface area contributed by atoms with Gasteiger partial charge in [0.15, 0.2) is 0 Å². The van der Waals surface area contributed by atoms with Gasteiger partial charge in [0.05, 0.1) is 12.7 Å². The van der Waals surface area contributed by atoms with E-state index in [2.05, 4.69) is 0 Å². The van der Waals surface area contributed by atoms with Crippen LogP contribution in [0.25, 0.3) is 11.1 Å². The molecule has 0 radical (unpaired) electrons. The van der Waals surface area contributed by atoms with Gasteiger partial charge in [-0.2, -0.15) is 0 Å². The molecule has 0 bridgehead atoms. The second kappa shape index (κ2) is 6.35. The Labute approximate surface area is 139 Å². The van der Waals surface area contributed by atoms with E-state index in [-0.39, 0.29) is 11.4 Å². The number of methoxy groups -OCH3 is 1. The molecular weight excluding hydrogens is 309 g/mol. The van der Waals surface area contributed by atoms with Gasteiger partial charge in [0.1, 0.15) is 11.6 Å². The number of carbonyl (C=O) groups is 1. The van der Waals surface area contributed by atoms with Crippen molar-refractivity contribution in [3.63, 3.8) is 0 Å². The van der Waals surface area contributed by atoms with Crippen molar-refractivity contribution < 1.29 is 19.0 Å². The number of rotatable bonds is 4. The highest BCUT2D eigenvalue weighted by Crippen LogP contribution is 2.43. The zero-order valence-electron chi connectivity index (χ0n) is 13.3. The molecule has 4 nitrogen and oxygen atoms in total. The predicted molar refractivity (Wildman–Crippen MR) is 91.4 cm³/mol. The van der Waals surface area contributed by atoms with E-state index in [9.17, 15) is 14.3 Å². The first kappa shape index (κ1) is 16.1. The summed E-state index contributed by atoms with van der Waals surface area (Å²) in [6, 6.07) is 9.24. The minimum atomic E-state index is -1.02. The lowest BCUT2D eigenvalue weighted by Crippen LogP contribution is -2.00. The van der Waals surface area contributed by atoms with E-state index < -0.39 is 5.97 Å². The maximum Gasteiger partial charge on any atom is 0.335 e. The molecule has 24 heavy (non-hydrogen) atoms. The van der Waals surface area contributed by atoms with Crippen molar-refractivity contribution >= 4 is 22.8 Å². The molecule has 1 aliphatic carbocycles. The summed E-state index contributed by atoms with van der Waals surface area (Å²) in [5.74, 6) is -0.747. The molecule has 0 aromatic heterocycles. The van der Waals surface area contributed by atoms with Crippen molar-refractivity contribution in [2.75, 3.05) is 12.8 Å². The molecular formula is C19H18FNO3. The van der Waals surface area contributed by atoms with Crippen LogP contribution >= 0.6 is 0 Å². The summed E-state index contributed by atoms with van der Waals surface area (Å²) in [5, 5.41) is 9.24. The molecule has 2 aromatic rings. The Hall–Kier alpha value is -2.82. The molecule has 0 amide bonds. The summed E-state index contributed by atoms with van der Waals surface area (Å²) in [5.41, 5.74) is 9.86. The number of hydrogen-bond donors (Lipinski definition) is 2. The quantitative estimate of drug-likeness (QED) is 0.825. The van der Waals surface area contributed by atoms with Crippen LogP contribution in [0.3, 0.4) is 0 Å². The molecule has 0 heterocycles. The van der Waals surface area contributed by atoms with Crippen LogP contribution in [0.15, 0.2) is 36.4 Å². The third-order valence-corrected chi connectivity index (χ3v) is 4.26. The summed E-state index contributed by atoms with van der Waals surface area (Å²) >= 11 is 0. The molecule has 5 heteroatoms. The molecule has 0 fully saturated rings. The smallest absolute Gasteiger partial charge is 0.335 e. The number of carboxylic acid groups (broad SMARTS) is 1. The first-order valence-electron chi connectivity index (χ1n) is 7.69. The van der Waals surface area contributed by atoms with Crippen molar-refractivity contribution in [1.82, 2.24) is 0 Å². The third-order valence-electron chi connectivity index (χ3n) is 4.26. The summed E-state index contributed by atoms with van der Waals surface area (Å²) in [7, 11) is 1.55. The summed E-state index contributed by atoms with van der Waals surface area (Å²) in [6.07, 6.45) is 2.49. The van der Waals surface area contributed by atoms with E-state index >= 15 is 0 Å². The van der Waals surface area contributed by atoms with Gasteiger partial charge < -0.3 is 15.6 Å². The average Bonchev–Trinajstić information content (AvgIpc) is 3.03. The Bertz CT molecular complexity index is 843. The fourth-order valence-corrected chi connectivity index (χ4v) is 3.22. The molecule has 0 atom stereocenters. The molecule has 0 saturated heterocycles. The zero-order chi connectivity index (χ0) is 17.3. The molecule has 1 aliphatic rings. The van der Waals surface area contributed by atoms with E-state index in [0.717, 1.165) is 36.0 Å². The number of ether oxygens (including phenoxy) is 1. The van der Waals surface area contributed by atoms with Gasteiger partial charge in [0.25, 0.3) is 0 Å². The van der Waals surface area contributed by atoms with Crippen LogP contribution < -0.4 is 10.5 Å². The van der Waals surface area contributed by atoms with Gasteiger partial charge in [-0.25, -0.2) is 9.18 Å². The highest BCUT2D eigenvalue weighted by Gasteiger charge is 2.22. The van der Waals surface area contributed by atoms with Gasteiger partial charge in [-0.1, -0.05) is 0 Å². The molecule has 3 rings (SSSR count). The Morgan fingerprint density at radius 3 is 2.62 bits per heavy atom. The van der Waals surface area contributed by atoms with Gasteiger partial charge in [-0.15, -0.1) is 0 Å². The lowest BCUT2D eigenvalue weighted by atomic mass is 9.95. The second-order valence-corrected chi connectivity index (χ2v) is 5.80. The zero-order valence-corrected chi connectivity index (χ0v) is 13.3. The number of nitrogens with two attached hydrogens (primary N) is 1. The predicted octanol–water partition coefficient (Wildman–Crippen LogP) is 4.21.